The van der Waals surface area contributed by atoms with Gasteiger partial charge < -0.3 is 5.11 Å². The van der Waals surface area contributed by atoms with Crippen LogP contribution >= 0.6 is 39.0 Å². The Morgan fingerprint density at radius 2 is 2.38 bits per heavy atom. The molecule has 0 fully saturated rings. The minimum absolute atomic E-state index is 0.408. The van der Waals surface area contributed by atoms with Crippen LogP contribution in [0.5, 0.6) is 0 Å². The van der Waals surface area contributed by atoms with E-state index in [2.05, 4.69) is 33.0 Å². The quantitative estimate of drug-likeness (QED) is 0.777. The molecule has 0 saturated carbocycles. The van der Waals surface area contributed by atoms with E-state index in [0.29, 0.717) is 6.42 Å². The Kier molecular flexibility index (Phi) is 4.66. The van der Waals surface area contributed by atoms with Gasteiger partial charge in [-0.05, 0) is 37.5 Å². The van der Waals surface area contributed by atoms with Crippen LogP contribution in [0, 0.1) is 0 Å². The van der Waals surface area contributed by atoms with E-state index in [1.807, 2.05) is 12.1 Å². The molecule has 110 valence electrons. The van der Waals surface area contributed by atoms with Gasteiger partial charge in [-0.3, -0.25) is 4.79 Å². The van der Waals surface area contributed by atoms with E-state index < -0.39 is 11.9 Å². The third kappa shape index (κ3) is 3.49. The van der Waals surface area contributed by atoms with Crippen LogP contribution in [0.2, 0.25) is 0 Å². The van der Waals surface area contributed by atoms with Crippen molar-refractivity contribution in [1.29, 1.82) is 0 Å². The summed E-state index contributed by atoms with van der Waals surface area (Å²) in [6, 6.07) is 8.17. The second kappa shape index (κ2) is 6.50. The molecule has 1 aromatic heterocycles. The number of benzene rings is 1. The molecule has 0 spiro atoms. The number of hydrogen-bond donors (Lipinski definition) is 1. The number of nitrogens with zero attached hydrogens (tertiary/aromatic N) is 1. The molecule has 6 heteroatoms. The first-order valence-corrected chi connectivity index (χ1v) is 9.32. The molecule has 0 amide bonds. The maximum atomic E-state index is 11.3. The number of rotatable bonds is 4. The Morgan fingerprint density at radius 3 is 3.14 bits per heavy atom. The van der Waals surface area contributed by atoms with Crippen molar-refractivity contribution in [2.75, 3.05) is 0 Å². The summed E-state index contributed by atoms with van der Waals surface area (Å²) in [7, 11) is 0. The zero-order chi connectivity index (χ0) is 14.8. The van der Waals surface area contributed by atoms with Crippen LogP contribution < -0.4 is 0 Å². The van der Waals surface area contributed by atoms with Gasteiger partial charge in [0.1, 0.15) is 5.01 Å². The number of thiazole rings is 1. The second-order valence-corrected chi connectivity index (χ2v) is 8.08. The fraction of sp³-hybridized carbons (Fsp3) is 0.333. The number of carboxylic acid groups (broad SMARTS) is 1. The number of halogens is 1. The van der Waals surface area contributed by atoms with E-state index in [-0.39, 0.29) is 0 Å². The van der Waals surface area contributed by atoms with Crippen molar-refractivity contribution >= 4 is 45.0 Å². The first-order valence-electron chi connectivity index (χ1n) is 6.73. The molecule has 1 heterocycles. The lowest BCUT2D eigenvalue weighted by Gasteiger charge is -2.16. The topological polar surface area (TPSA) is 50.2 Å². The highest BCUT2D eigenvalue weighted by molar-refractivity contribution is 9.10. The van der Waals surface area contributed by atoms with Gasteiger partial charge in [0.2, 0.25) is 0 Å². The molecule has 0 aliphatic heterocycles. The number of fused-ring (bicyclic) bond motifs is 1. The van der Waals surface area contributed by atoms with Crippen molar-refractivity contribution in [2.45, 2.75) is 35.8 Å². The first kappa shape index (κ1) is 15.1. The van der Waals surface area contributed by atoms with E-state index in [4.69, 9.17) is 0 Å². The number of aryl methyl sites for hydroxylation is 1. The third-order valence-corrected chi connectivity index (χ3v) is 6.27. The van der Waals surface area contributed by atoms with Gasteiger partial charge in [0.15, 0.2) is 0 Å². The van der Waals surface area contributed by atoms with Crippen LogP contribution in [0.4, 0.5) is 0 Å². The molecular formula is C15H14BrNO2S2. The van der Waals surface area contributed by atoms with E-state index in [9.17, 15) is 9.90 Å². The summed E-state index contributed by atoms with van der Waals surface area (Å²) in [5, 5.41) is 10.3. The van der Waals surface area contributed by atoms with Crippen LogP contribution in [0.25, 0.3) is 0 Å². The molecule has 3 rings (SSSR count). The van der Waals surface area contributed by atoms with Crippen LogP contribution in [0.15, 0.2) is 33.6 Å². The average molecular weight is 384 g/mol. The highest BCUT2D eigenvalue weighted by Gasteiger charge is 2.29. The Hall–Kier alpha value is -0.850. The standard InChI is InChI=1S/C15H14BrNO2S2/c16-9-3-1-4-10(7-9)20-8-13-17-14-11(15(18)19)5-2-6-12(14)21-13/h1,3-4,7,11H,2,5-6,8H2,(H,18,19). The predicted octanol–water partition coefficient (Wildman–Crippen LogP) is 4.70. The Labute approximate surface area is 139 Å². The summed E-state index contributed by atoms with van der Waals surface area (Å²) in [6.07, 6.45) is 2.63. The van der Waals surface area contributed by atoms with Gasteiger partial charge in [0.05, 0.1) is 17.4 Å². The lowest BCUT2D eigenvalue weighted by atomic mass is 9.91. The lowest BCUT2D eigenvalue weighted by Crippen LogP contribution is -2.17. The number of aromatic nitrogens is 1. The minimum atomic E-state index is -0.743. The van der Waals surface area contributed by atoms with E-state index in [1.54, 1.807) is 23.1 Å². The first-order chi connectivity index (χ1) is 10.1. The largest absolute Gasteiger partial charge is 0.481 e. The molecular weight excluding hydrogens is 370 g/mol. The van der Waals surface area contributed by atoms with Crippen molar-refractivity contribution in [3.05, 3.63) is 44.3 Å². The highest BCUT2D eigenvalue weighted by atomic mass is 79.9. The number of aliphatic carboxylic acids is 1. The maximum Gasteiger partial charge on any atom is 0.312 e. The number of carboxylic acids is 1. The van der Waals surface area contributed by atoms with E-state index in [0.717, 1.165) is 33.8 Å². The highest BCUT2D eigenvalue weighted by Crippen LogP contribution is 2.36. The van der Waals surface area contributed by atoms with E-state index >= 15 is 0 Å². The SMILES string of the molecule is O=C(O)C1CCCc2sc(CSc3cccc(Br)c3)nc21. The van der Waals surface area contributed by atoms with Gasteiger partial charge in [-0.2, -0.15) is 0 Å². The van der Waals surface area contributed by atoms with E-state index in [1.165, 1.54) is 9.77 Å². The van der Waals surface area contributed by atoms with Crippen molar-refractivity contribution < 1.29 is 9.90 Å². The molecule has 0 saturated heterocycles. The number of hydrogen-bond acceptors (Lipinski definition) is 4. The summed E-state index contributed by atoms with van der Waals surface area (Å²) in [4.78, 5) is 18.2. The summed E-state index contributed by atoms with van der Waals surface area (Å²) in [6.45, 7) is 0. The molecule has 1 atom stereocenters. The Bertz CT molecular complexity index is 671. The summed E-state index contributed by atoms with van der Waals surface area (Å²) in [5.41, 5.74) is 0.809. The van der Waals surface area contributed by atoms with Gasteiger partial charge in [-0.15, -0.1) is 23.1 Å². The van der Waals surface area contributed by atoms with Gasteiger partial charge in [-0.1, -0.05) is 22.0 Å². The molecule has 1 aliphatic carbocycles. The molecule has 1 aliphatic rings. The fourth-order valence-corrected chi connectivity index (χ4v) is 5.14. The van der Waals surface area contributed by atoms with Crippen molar-refractivity contribution in [1.82, 2.24) is 4.98 Å². The molecule has 1 N–H and O–H groups in total. The monoisotopic (exact) mass is 383 g/mol. The second-order valence-electron chi connectivity index (χ2n) is 4.95. The van der Waals surface area contributed by atoms with Gasteiger partial charge in [0.25, 0.3) is 0 Å². The minimum Gasteiger partial charge on any atom is -0.481 e. The van der Waals surface area contributed by atoms with Crippen LogP contribution in [-0.2, 0) is 17.0 Å². The molecule has 1 aromatic carbocycles. The van der Waals surface area contributed by atoms with Crippen LogP contribution in [-0.4, -0.2) is 16.1 Å². The Morgan fingerprint density at radius 1 is 1.52 bits per heavy atom. The molecule has 1 unspecified atom stereocenters. The molecule has 2 aromatic rings. The average Bonchev–Trinajstić information content (AvgIpc) is 2.87. The number of carbonyl (C=O) groups is 1. The normalized spacial score (nSPS) is 17.5. The smallest absolute Gasteiger partial charge is 0.312 e. The van der Waals surface area contributed by atoms with Gasteiger partial charge in [-0.25, -0.2) is 4.98 Å². The van der Waals surface area contributed by atoms with Crippen molar-refractivity contribution in [3.8, 4) is 0 Å². The zero-order valence-electron chi connectivity index (χ0n) is 11.2. The van der Waals surface area contributed by atoms with Crippen LogP contribution in [0.3, 0.4) is 0 Å². The summed E-state index contributed by atoms with van der Waals surface area (Å²) < 4.78 is 1.07. The lowest BCUT2D eigenvalue weighted by molar-refractivity contribution is -0.139. The zero-order valence-corrected chi connectivity index (χ0v) is 14.4. The maximum absolute atomic E-state index is 11.3. The third-order valence-electron chi connectivity index (χ3n) is 3.46. The summed E-state index contributed by atoms with van der Waals surface area (Å²) in [5.74, 6) is -0.359. The van der Waals surface area contributed by atoms with Gasteiger partial charge in [0, 0.05) is 14.2 Å². The molecule has 3 nitrogen and oxygen atoms in total. The molecule has 0 radical (unpaired) electrons. The number of thioether (sulfide) groups is 1. The van der Waals surface area contributed by atoms with Crippen LogP contribution in [0.1, 0.15) is 34.3 Å². The van der Waals surface area contributed by atoms with Crippen molar-refractivity contribution in [3.63, 3.8) is 0 Å². The summed E-state index contributed by atoms with van der Waals surface area (Å²) >= 11 is 6.87. The van der Waals surface area contributed by atoms with Crippen molar-refractivity contribution in [2.24, 2.45) is 0 Å². The van der Waals surface area contributed by atoms with Gasteiger partial charge >= 0.3 is 5.97 Å². The Balaban J connectivity index is 1.74. The molecule has 0 bridgehead atoms. The molecule has 21 heavy (non-hydrogen) atoms. The fourth-order valence-electron chi connectivity index (χ4n) is 2.47. The predicted molar refractivity (Wildman–Crippen MR) is 89.1 cm³/mol.